The zero-order valence-electron chi connectivity index (χ0n) is 11.3. The van der Waals surface area contributed by atoms with Crippen molar-refractivity contribution in [2.45, 2.75) is 31.8 Å². The smallest absolute Gasteiger partial charge is 0.0378 e. The summed E-state index contributed by atoms with van der Waals surface area (Å²) in [5.41, 5.74) is 8.21. The van der Waals surface area contributed by atoms with Gasteiger partial charge in [0, 0.05) is 35.8 Å². The third kappa shape index (κ3) is 2.81. The van der Waals surface area contributed by atoms with Crippen LogP contribution in [0.3, 0.4) is 0 Å². The van der Waals surface area contributed by atoms with E-state index < -0.39 is 0 Å². The fraction of sp³-hybridized carbons (Fsp3) is 0.600. The molecule has 0 bridgehead atoms. The van der Waals surface area contributed by atoms with Gasteiger partial charge in [-0.3, -0.25) is 4.90 Å². The van der Waals surface area contributed by atoms with Crippen LogP contribution in [0.25, 0.3) is 0 Å². The number of nitrogens with two attached hydrogens (primary N) is 1. The maximum Gasteiger partial charge on any atom is 0.0378 e. The number of nitrogens with zero attached hydrogens (tertiary/aromatic N) is 2. The van der Waals surface area contributed by atoms with Crippen molar-refractivity contribution in [2.24, 2.45) is 5.73 Å². The molecule has 2 aliphatic heterocycles. The van der Waals surface area contributed by atoms with Gasteiger partial charge in [0.25, 0.3) is 0 Å². The molecule has 2 saturated heterocycles. The minimum Gasteiger partial charge on any atom is -0.370 e. The average molecular weight is 324 g/mol. The Balaban J connectivity index is 1.68. The summed E-state index contributed by atoms with van der Waals surface area (Å²) < 4.78 is 1.14. The van der Waals surface area contributed by atoms with Gasteiger partial charge in [0.2, 0.25) is 0 Å². The molecule has 1 aromatic rings. The van der Waals surface area contributed by atoms with Crippen LogP contribution in [0.5, 0.6) is 0 Å². The second-order valence-corrected chi connectivity index (χ2v) is 6.47. The standard InChI is InChI=1S/C15H22BrN3/c16-15-9-13(4-3-12(15)10-17)19-8-5-14(11-19)18-6-1-2-7-18/h3-4,9,14H,1-2,5-8,10-11,17H2. The Kier molecular flexibility index (Phi) is 4.10. The maximum atomic E-state index is 5.71. The normalized spacial score (nSPS) is 24.3. The van der Waals surface area contributed by atoms with Crippen molar-refractivity contribution in [1.82, 2.24) is 4.90 Å². The van der Waals surface area contributed by atoms with Gasteiger partial charge in [0.15, 0.2) is 0 Å². The monoisotopic (exact) mass is 323 g/mol. The molecule has 4 heteroatoms. The Labute approximate surface area is 123 Å². The first-order valence-electron chi connectivity index (χ1n) is 7.25. The number of likely N-dealkylation sites (tertiary alicyclic amines) is 1. The van der Waals surface area contributed by atoms with Crippen molar-refractivity contribution in [3.8, 4) is 0 Å². The van der Waals surface area contributed by atoms with Crippen LogP contribution in [0.15, 0.2) is 22.7 Å². The minimum atomic E-state index is 0.595. The highest BCUT2D eigenvalue weighted by Crippen LogP contribution is 2.28. The van der Waals surface area contributed by atoms with E-state index >= 15 is 0 Å². The third-order valence-electron chi connectivity index (χ3n) is 4.44. The highest BCUT2D eigenvalue weighted by atomic mass is 79.9. The molecule has 19 heavy (non-hydrogen) atoms. The van der Waals surface area contributed by atoms with Crippen LogP contribution in [-0.2, 0) is 6.54 Å². The number of halogens is 1. The third-order valence-corrected chi connectivity index (χ3v) is 5.18. The molecule has 1 atom stereocenters. The molecule has 2 heterocycles. The Morgan fingerprint density at radius 2 is 2.00 bits per heavy atom. The Morgan fingerprint density at radius 3 is 2.68 bits per heavy atom. The van der Waals surface area contributed by atoms with Crippen LogP contribution in [0.4, 0.5) is 5.69 Å². The molecule has 2 N–H and O–H groups in total. The first kappa shape index (κ1) is 13.4. The van der Waals surface area contributed by atoms with Gasteiger partial charge < -0.3 is 10.6 Å². The molecular weight excluding hydrogens is 302 g/mol. The largest absolute Gasteiger partial charge is 0.370 e. The van der Waals surface area contributed by atoms with Crippen LogP contribution < -0.4 is 10.6 Å². The molecule has 0 saturated carbocycles. The molecule has 2 fully saturated rings. The van der Waals surface area contributed by atoms with E-state index in [2.05, 4.69) is 43.9 Å². The lowest BCUT2D eigenvalue weighted by molar-refractivity contribution is 0.260. The van der Waals surface area contributed by atoms with Crippen LogP contribution in [0, 0.1) is 0 Å². The number of benzene rings is 1. The lowest BCUT2D eigenvalue weighted by Gasteiger charge is -2.24. The summed E-state index contributed by atoms with van der Waals surface area (Å²) in [5.74, 6) is 0. The highest BCUT2D eigenvalue weighted by molar-refractivity contribution is 9.10. The van der Waals surface area contributed by atoms with Crippen LogP contribution in [-0.4, -0.2) is 37.1 Å². The SMILES string of the molecule is NCc1ccc(N2CCC(N3CCCC3)C2)cc1Br. The quantitative estimate of drug-likeness (QED) is 0.928. The molecule has 1 aromatic carbocycles. The number of hydrogen-bond acceptors (Lipinski definition) is 3. The second kappa shape index (κ2) is 5.81. The molecule has 0 aliphatic carbocycles. The van der Waals surface area contributed by atoms with E-state index in [9.17, 15) is 0 Å². The molecule has 0 aromatic heterocycles. The van der Waals surface area contributed by atoms with Gasteiger partial charge in [-0.05, 0) is 50.0 Å². The second-order valence-electron chi connectivity index (χ2n) is 5.61. The Bertz CT molecular complexity index is 443. The van der Waals surface area contributed by atoms with E-state index in [4.69, 9.17) is 5.73 Å². The zero-order chi connectivity index (χ0) is 13.2. The van der Waals surface area contributed by atoms with Gasteiger partial charge in [-0.1, -0.05) is 22.0 Å². The summed E-state index contributed by atoms with van der Waals surface area (Å²) in [6.07, 6.45) is 4.07. The van der Waals surface area contributed by atoms with Crippen molar-refractivity contribution in [2.75, 3.05) is 31.1 Å². The van der Waals surface area contributed by atoms with E-state index in [1.807, 2.05) is 0 Å². The summed E-state index contributed by atoms with van der Waals surface area (Å²) in [5, 5.41) is 0. The lowest BCUT2D eigenvalue weighted by atomic mass is 10.2. The molecule has 104 valence electrons. The van der Waals surface area contributed by atoms with Gasteiger partial charge in [0.05, 0.1) is 0 Å². The fourth-order valence-corrected chi connectivity index (χ4v) is 3.81. The molecule has 0 spiro atoms. The zero-order valence-corrected chi connectivity index (χ0v) is 12.9. The molecule has 0 amide bonds. The molecule has 3 rings (SSSR count). The predicted molar refractivity (Wildman–Crippen MR) is 83.5 cm³/mol. The van der Waals surface area contributed by atoms with E-state index in [-0.39, 0.29) is 0 Å². The summed E-state index contributed by atoms with van der Waals surface area (Å²) in [6.45, 7) is 5.55. The summed E-state index contributed by atoms with van der Waals surface area (Å²) >= 11 is 3.62. The van der Waals surface area contributed by atoms with Crippen LogP contribution >= 0.6 is 15.9 Å². The number of hydrogen-bond donors (Lipinski definition) is 1. The minimum absolute atomic E-state index is 0.595. The predicted octanol–water partition coefficient (Wildman–Crippen LogP) is 2.58. The average Bonchev–Trinajstić information content (AvgIpc) is 3.09. The first-order valence-corrected chi connectivity index (χ1v) is 8.05. The number of rotatable bonds is 3. The first-order chi connectivity index (χ1) is 9.28. The van der Waals surface area contributed by atoms with Crippen molar-refractivity contribution >= 4 is 21.6 Å². The van der Waals surface area contributed by atoms with Gasteiger partial charge in [-0.15, -0.1) is 0 Å². The molecular formula is C15H22BrN3. The molecule has 3 nitrogen and oxygen atoms in total. The fourth-order valence-electron chi connectivity index (χ4n) is 3.28. The highest BCUT2D eigenvalue weighted by Gasteiger charge is 2.29. The van der Waals surface area contributed by atoms with Gasteiger partial charge in [-0.25, -0.2) is 0 Å². The Hall–Kier alpha value is -0.580. The van der Waals surface area contributed by atoms with E-state index in [1.54, 1.807) is 0 Å². The topological polar surface area (TPSA) is 32.5 Å². The van der Waals surface area contributed by atoms with Crippen LogP contribution in [0.2, 0.25) is 0 Å². The lowest BCUT2D eigenvalue weighted by Crippen LogP contribution is -2.35. The van der Waals surface area contributed by atoms with Crippen molar-refractivity contribution < 1.29 is 0 Å². The van der Waals surface area contributed by atoms with Gasteiger partial charge >= 0.3 is 0 Å². The molecule has 2 aliphatic rings. The van der Waals surface area contributed by atoms with Crippen LogP contribution in [0.1, 0.15) is 24.8 Å². The molecule has 1 unspecified atom stereocenters. The Morgan fingerprint density at radius 1 is 1.21 bits per heavy atom. The van der Waals surface area contributed by atoms with Crippen molar-refractivity contribution in [3.63, 3.8) is 0 Å². The van der Waals surface area contributed by atoms with Gasteiger partial charge in [0.1, 0.15) is 0 Å². The van der Waals surface area contributed by atoms with E-state index in [1.165, 1.54) is 56.7 Å². The maximum absolute atomic E-state index is 5.71. The molecule has 0 radical (unpaired) electrons. The van der Waals surface area contributed by atoms with Crippen molar-refractivity contribution in [3.05, 3.63) is 28.2 Å². The van der Waals surface area contributed by atoms with E-state index in [0.29, 0.717) is 6.54 Å². The summed E-state index contributed by atoms with van der Waals surface area (Å²) in [6, 6.07) is 7.33. The van der Waals surface area contributed by atoms with Gasteiger partial charge in [-0.2, -0.15) is 0 Å². The summed E-state index contributed by atoms with van der Waals surface area (Å²) in [4.78, 5) is 5.18. The summed E-state index contributed by atoms with van der Waals surface area (Å²) in [7, 11) is 0. The van der Waals surface area contributed by atoms with Crippen molar-refractivity contribution in [1.29, 1.82) is 0 Å². The number of anilines is 1. The van der Waals surface area contributed by atoms with E-state index in [0.717, 1.165) is 10.5 Å².